The Morgan fingerprint density at radius 3 is 3.05 bits per heavy atom. The van der Waals surface area contributed by atoms with E-state index in [1.807, 2.05) is 6.07 Å². The van der Waals surface area contributed by atoms with E-state index in [0.717, 1.165) is 57.3 Å². The van der Waals surface area contributed by atoms with Gasteiger partial charge >= 0.3 is 0 Å². The Morgan fingerprint density at radius 1 is 1.32 bits per heavy atom. The van der Waals surface area contributed by atoms with Gasteiger partial charge in [0.2, 0.25) is 0 Å². The van der Waals surface area contributed by atoms with E-state index in [2.05, 4.69) is 44.5 Å². The van der Waals surface area contributed by atoms with Gasteiger partial charge in [-0.05, 0) is 27.1 Å². The normalized spacial score (nSPS) is 16.5. The van der Waals surface area contributed by atoms with Crippen molar-refractivity contribution in [1.29, 1.82) is 0 Å². The van der Waals surface area contributed by atoms with Crippen LogP contribution in [-0.4, -0.2) is 68.2 Å². The van der Waals surface area contributed by atoms with Crippen LogP contribution in [0.4, 0.5) is 11.6 Å². The van der Waals surface area contributed by atoms with Crippen molar-refractivity contribution in [1.82, 2.24) is 20.2 Å². The van der Waals surface area contributed by atoms with Gasteiger partial charge in [-0.2, -0.15) is 0 Å². The SMILES string of the molecule is CN(C)CCNc1cc(N2CCCNCC2)ncn1. The highest BCUT2D eigenvalue weighted by Gasteiger charge is 2.11. The van der Waals surface area contributed by atoms with Crippen LogP contribution in [0.3, 0.4) is 0 Å². The van der Waals surface area contributed by atoms with Crippen LogP contribution in [0.5, 0.6) is 0 Å². The first-order valence-electron chi connectivity index (χ1n) is 6.92. The summed E-state index contributed by atoms with van der Waals surface area (Å²) in [6.45, 7) is 6.07. The number of nitrogens with one attached hydrogen (secondary N) is 2. The average molecular weight is 264 g/mol. The summed E-state index contributed by atoms with van der Waals surface area (Å²) in [7, 11) is 4.13. The standard InChI is InChI=1S/C13H24N6/c1-18(2)8-6-15-12-10-13(17-11-16-12)19-7-3-4-14-5-9-19/h10-11,14H,3-9H2,1-2H3,(H,15,16,17). The lowest BCUT2D eigenvalue weighted by Gasteiger charge is -2.21. The first-order chi connectivity index (χ1) is 9.25. The molecule has 0 aromatic carbocycles. The zero-order valence-corrected chi connectivity index (χ0v) is 11.9. The maximum Gasteiger partial charge on any atom is 0.134 e. The Balaban J connectivity index is 1.93. The van der Waals surface area contributed by atoms with Gasteiger partial charge in [0.1, 0.15) is 18.0 Å². The maximum atomic E-state index is 4.38. The second-order valence-corrected chi connectivity index (χ2v) is 5.08. The third-order valence-corrected chi connectivity index (χ3v) is 3.18. The van der Waals surface area contributed by atoms with Gasteiger partial charge in [-0.25, -0.2) is 9.97 Å². The molecular formula is C13H24N6. The maximum absolute atomic E-state index is 4.38. The monoisotopic (exact) mass is 264 g/mol. The first kappa shape index (κ1) is 14.0. The van der Waals surface area contributed by atoms with Crippen LogP contribution in [0.15, 0.2) is 12.4 Å². The molecular weight excluding hydrogens is 240 g/mol. The lowest BCUT2D eigenvalue weighted by molar-refractivity contribution is 0.425. The summed E-state index contributed by atoms with van der Waals surface area (Å²) in [4.78, 5) is 13.1. The van der Waals surface area contributed by atoms with E-state index < -0.39 is 0 Å². The van der Waals surface area contributed by atoms with Crippen LogP contribution in [0.25, 0.3) is 0 Å². The van der Waals surface area contributed by atoms with Crippen molar-refractivity contribution in [3.63, 3.8) is 0 Å². The largest absolute Gasteiger partial charge is 0.369 e. The molecule has 2 N–H and O–H groups in total. The number of aromatic nitrogens is 2. The predicted octanol–water partition coefficient (Wildman–Crippen LogP) is 0.250. The summed E-state index contributed by atoms with van der Waals surface area (Å²) >= 11 is 0. The Bertz CT molecular complexity index is 373. The molecule has 6 nitrogen and oxygen atoms in total. The Kier molecular flexibility index (Phi) is 5.35. The first-order valence-corrected chi connectivity index (χ1v) is 6.92. The molecule has 0 radical (unpaired) electrons. The van der Waals surface area contributed by atoms with Crippen LogP contribution in [0.1, 0.15) is 6.42 Å². The number of nitrogens with zero attached hydrogens (tertiary/aromatic N) is 4. The van der Waals surface area contributed by atoms with Gasteiger partial charge in [0, 0.05) is 38.8 Å². The van der Waals surface area contributed by atoms with E-state index in [4.69, 9.17) is 0 Å². The van der Waals surface area contributed by atoms with Gasteiger partial charge in [0.05, 0.1) is 0 Å². The van der Waals surface area contributed by atoms with Crippen LogP contribution >= 0.6 is 0 Å². The minimum absolute atomic E-state index is 0.894. The molecule has 1 aromatic rings. The van der Waals surface area contributed by atoms with E-state index in [0.29, 0.717) is 0 Å². The topological polar surface area (TPSA) is 56.3 Å². The second kappa shape index (κ2) is 7.25. The predicted molar refractivity (Wildman–Crippen MR) is 78.8 cm³/mol. The third kappa shape index (κ3) is 4.65. The fourth-order valence-corrected chi connectivity index (χ4v) is 2.10. The summed E-state index contributed by atoms with van der Waals surface area (Å²) in [5.41, 5.74) is 0. The fourth-order valence-electron chi connectivity index (χ4n) is 2.10. The van der Waals surface area contributed by atoms with Gasteiger partial charge in [0.25, 0.3) is 0 Å². The molecule has 0 atom stereocenters. The minimum Gasteiger partial charge on any atom is -0.369 e. The summed E-state index contributed by atoms with van der Waals surface area (Å²) in [6.07, 6.45) is 2.80. The minimum atomic E-state index is 0.894. The van der Waals surface area contributed by atoms with E-state index in [-0.39, 0.29) is 0 Å². The van der Waals surface area contributed by atoms with E-state index in [9.17, 15) is 0 Å². The highest BCUT2D eigenvalue weighted by molar-refractivity contribution is 5.48. The molecule has 0 aliphatic carbocycles. The number of hydrogen-bond acceptors (Lipinski definition) is 6. The molecule has 6 heteroatoms. The fraction of sp³-hybridized carbons (Fsp3) is 0.692. The Hall–Kier alpha value is -1.40. The third-order valence-electron chi connectivity index (χ3n) is 3.18. The van der Waals surface area contributed by atoms with E-state index >= 15 is 0 Å². The molecule has 0 saturated carbocycles. The lowest BCUT2D eigenvalue weighted by Crippen LogP contribution is -2.28. The number of anilines is 2. The molecule has 0 amide bonds. The molecule has 19 heavy (non-hydrogen) atoms. The molecule has 2 heterocycles. The van der Waals surface area contributed by atoms with Crippen molar-refractivity contribution in [2.24, 2.45) is 0 Å². The molecule has 1 saturated heterocycles. The van der Waals surface area contributed by atoms with Gasteiger partial charge in [-0.1, -0.05) is 0 Å². The number of hydrogen-bond donors (Lipinski definition) is 2. The zero-order valence-electron chi connectivity index (χ0n) is 11.9. The van der Waals surface area contributed by atoms with E-state index in [1.54, 1.807) is 6.33 Å². The number of likely N-dealkylation sites (N-methyl/N-ethyl adjacent to an activating group) is 1. The van der Waals surface area contributed by atoms with Crippen molar-refractivity contribution >= 4 is 11.6 Å². The Morgan fingerprint density at radius 2 is 2.21 bits per heavy atom. The van der Waals surface area contributed by atoms with Gasteiger partial charge < -0.3 is 20.4 Å². The zero-order chi connectivity index (χ0) is 13.5. The van der Waals surface area contributed by atoms with Gasteiger partial charge in [0.15, 0.2) is 0 Å². The van der Waals surface area contributed by atoms with Crippen molar-refractivity contribution in [2.45, 2.75) is 6.42 Å². The Labute approximate surface area is 115 Å². The summed E-state index contributed by atoms with van der Waals surface area (Å²) in [5, 5.41) is 6.74. The van der Waals surface area contributed by atoms with Crippen molar-refractivity contribution in [3.05, 3.63) is 12.4 Å². The lowest BCUT2D eigenvalue weighted by atomic mass is 10.3. The quantitative estimate of drug-likeness (QED) is 0.795. The van der Waals surface area contributed by atoms with Crippen LogP contribution in [0, 0.1) is 0 Å². The van der Waals surface area contributed by atoms with Gasteiger partial charge in [-0.3, -0.25) is 0 Å². The number of rotatable bonds is 5. The van der Waals surface area contributed by atoms with Crippen LogP contribution in [-0.2, 0) is 0 Å². The molecule has 1 aliphatic rings. The summed E-state index contributed by atoms with van der Waals surface area (Å²) < 4.78 is 0. The van der Waals surface area contributed by atoms with Crippen molar-refractivity contribution < 1.29 is 0 Å². The molecule has 0 spiro atoms. The summed E-state index contributed by atoms with van der Waals surface area (Å²) in [6, 6.07) is 2.04. The molecule has 2 rings (SSSR count). The molecule has 1 aliphatic heterocycles. The second-order valence-electron chi connectivity index (χ2n) is 5.08. The average Bonchev–Trinajstić information content (AvgIpc) is 2.67. The molecule has 0 unspecified atom stereocenters. The molecule has 0 bridgehead atoms. The van der Waals surface area contributed by atoms with Crippen LogP contribution < -0.4 is 15.5 Å². The molecule has 1 aromatic heterocycles. The van der Waals surface area contributed by atoms with Gasteiger partial charge in [-0.15, -0.1) is 0 Å². The van der Waals surface area contributed by atoms with Crippen LogP contribution in [0.2, 0.25) is 0 Å². The smallest absolute Gasteiger partial charge is 0.134 e. The van der Waals surface area contributed by atoms with E-state index in [1.165, 1.54) is 0 Å². The highest BCUT2D eigenvalue weighted by Crippen LogP contribution is 2.14. The van der Waals surface area contributed by atoms with Crippen molar-refractivity contribution in [3.8, 4) is 0 Å². The summed E-state index contributed by atoms with van der Waals surface area (Å²) in [5.74, 6) is 1.93. The van der Waals surface area contributed by atoms with Crippen molar-refractivity contribution in [2.75, 3.05) is 63.6 Å². The molecule has 1 fully saturated rings. The highest BCUT2D eigenvalue weighted by atomic mass is 15.2. The molecule has 106 valence electrons.